The number of aromatic amines is 1. The van der Waals surface area contributed by atoms with E-state index in [4.69, 9.17) is 4.74 Å². The maximum absolute atomic E-state index is 12.3. The molecule has 0 spiro atoms. The van der Waals surface area contributed by atoms with E-state index in [1.807, 2.05) is 0 Å². The minimum Gasteiger partial charge on any atom is -0.497 e. The Hall–Kier alpha value is -4.16. The van der Waals surface area contributed by atoms with Gasteiger partial charge in [-0.3, -0.25) is 19.4 Å². The number of nitro groups is 1. The number of hydrogen-bond donors (Lipinski definition) is 1. The lowest BCUT2D eigenvalue weighted by molar-refractivity contribution is -0.809. The predicted molar refractivity (Wildman–Crippen MR) is 86.3 cm³/mol. The molecule has 142 valence electrons. The highest BCUT2D eigenvalue weighted by atomic mass is 16.8. The molecule has 28 heavy (non-hydrogen) atoms. The number of benzene rings is 1. The first kappa shape index (κ1) is 16.0. The Kier molecular flexibility index (Phi) is 3.11. The molecule has 0 saturated heterocycles. The van der Waals surface area contributed by atoms with Crippen molar-refractivity contribution in [1.82, 2.24) is 15.3 Å². The maximum atomic E-state index is 12.3. The van der Waals surface area contributed by atoms with Gasteiger partial charge in [0.25, 0.3) is 17.4 Å². The van der Waals surface area contributed by atoms with E-state index in [1.165, 1.54) is 7.11 Å². The highest BCUT2D eigenvalue weighted by Gasteiger charge is 2.57. The SMILES string of the molecule is COc1ccc2[nH]cc([C@H]3c4c(no[n+]4[O-])-c4c(no[n+]4[O-])[C@@H]3[N+](=O)[O-])c2c1. The van der Waals surface area contributed by atoms with Gasteiger partial charge in [0.05, 0.1) is 12.3 Å². The van der Waals surface area contributed by atoms with E-state index >= 15 is 0 Å². The number of aromatic nitrogens is 5. The molecule has 1 aliphatic carbocycles. The van der Waals surface area contributed by atoms with Crippen molar-refractivity contribution in [3.05, 3.63) is 61.9 Å². The number of H-pyrrole nitrogens is 1. The molecule has 0 unspecified atom stereocenters. The summed E-state index contributed by atoms with van der Waals surface area (Å²) in [6.45, 7) is 0. The summed E-state index contributed by atoms with van der Waals surface area (Å²) in [6.07, 6.45) is 1.55. The minimum absolute atomic E-state index is 0.0261. The van der Waals surface area contributed by atoms with Crippen LogP contribution in [0.4, 0.5) is 0 Å². The Morgan fingerprint density at radius 2 is 2.04 bits per heavy atom. The van der Waals surface area contributed by atoms with Crippen molar-refractivity contribution in [2.75, 3.05) is 7.11 Å². The van der Waals surface area contributed by atoms with E-state index in [-0.39, 0.29) is 32.6 Å². The van der Waals surface area contributed by atoms with Crippen molar-refractivity contribution in [1.29, 1.82) is 0 Å². The van der Waals surface area contributed by atoms with Crippen LogP contribution in [0.5, 0.6) is 5.75 Å². The third kappa shape index (κ3) is 1.94. The fourth-order valence-electron chi connectivity index (χ4n) is 3.69. The smallest absolute Gasteiger partial charge is 0.304 e. The third-order valence-corrected chi connectivity index (χ3v) is 4.88. The second-order valence-corrected chi connectivity index (χ2v) is 6.19. The Bertz CT molecular complexity index is 1240. The third-order valence-electron chi connectivity index (χ3n) is 4.88. The van der Waals surface area contributed by atoms with Gasteiger partial charge in [0.2, 0.25) is 5.69 Å². The van der Waals surface area contributed by atoms with Crippen molar-refractivity contribution in [2.24, 2.45) is 0 Å². The number of rotatable bonds is 3. The average molecular weight is 386 g/mol. The van der Waals surface area contributed by atoms with Gasteiger partial charge >= 0.3 is 5.69 Å². The molecule has 5 rings (SSSR count). The Balaban J connectivity index is 1.83. The van der Waals surface area contributed by atoms with Crippen molar-refractivity contribution < 1.29 is 28.7 Å². The molecule has 0 fully saturated rings. The standard InChI is InChI=1S/C15H10N6O7/c1-26-6-2-3-9-7(4-6)8(5-16-9)10-13(19(22)23)11-15(21(25)28-17-11)12-14(10)20(24)27-18-12/h2-5,10,13,16H,1H3/t10-,13-/m1/s1. The second kappa shape index (κ2) is 5.42. The van der Waals surface area contributed by atoms with Crippen LogP contribution in [0.3, 0.4) is 0 Å². The number of methoxy groups -OCH3 is 1. The van der Waals surface area contributed by atoms with Gasteiger partial charge in [-0.15, -0.1) is 0 Å². The molecule has 1 aromatic carbocycles. The summed E-state index contributed by atoms with van der Waals surface area (Å²) < 4.78 is 14.4. The molecular formula is C15H10N6O7. The Labute approximate surface area is 153 Å². The Morgan fingerprint density at radius 3 is 2.79 bits per heavy atom. The normalized spacial score (nSPS) is 18.0. The summed E-state index contributed by atoms with van der Waals surface area (Å²) in [7, 11) is 1.49. The fraction of sp³-hybridized carbons (Fsp3) is 0.200. The van der Waals surface area contributed by atoms with Crippen LogP contribution < -0.4 is 14.5 Å². The van der Waals surface area contributed by atoms with Crippen LogP contribution in [0.2, 0.25) is 0 Å². The zero-order chi connectivity index (χ0) is 19.6. The number of fused-ring (bicyclic) bond motifs is 4. The zero-order valence-corrected chi connectivity index (χ0v) is 14.1. The van der Waals surface area contributed by atoms with E-state index in [2.05, 4.69) is 24.6 Å². The first-order valence-corrected chi connectivity index (χ1v) is 7.99. The molecule has 0 bridgehead atoms. The lowest BCUT2D eigenvalue weighted by Crippen LogP contribution is -2.38. The largest absolute Gasteiger partial charge is 0.497 e. The van der Waals surface area contributed by atoms with Gasteiger partial charge in [0.15, 0.2) is 0 Å². The summed E-state index contributed by atoms with van der Waals surface area (Å²) in [5.41, 5.74) is 0.230. The van der Waals surface area contributed by atoms with E-state index in [0.717, 1.165) is 0 Å². The number of ether oxygens (including phenoxy) is 1. The topological polar surface area (TPSA) is 174 Å². The van der Waals surface area contributed by atoms with Gasteiger partial charge in [-0.05, 0) is 33.6 Å². The summed E-state index contributed by atoms with van der Waals surface area (Å²) in [4.78, 5) is 14.4. The molecule has 1 N–H and O–H groups in total. The van der Waals surface area contributed by atoms with Gasteiger partial charge < -0.3 is 20.1 Å². The van der Waals surface area contributed by atoms with Gasteiger partial charge in [-0.1, -0.05) is 0 Å². The molecule has 3 heterocycles. The summed E-state index contributed by atoms with van der Waals surface area (Å²) in [5.74, 6) is -0.603. The van der Waals surface area contributed by atoms with E-state index in [9.17, 15) is 20.5 Å². The highest BCUT2D eigenvalue weighted by molar-refractivity contribution is 5.86. The second-order valence-electron chi connectivity index (χ2n) is 6.19. The fourth-order valence-corrected chi connectivity index (χ4v) is 3.69. The van der Waals surface area contributed by atoms with Crippen LogP contribution in [0.15, 0.2) is 33.7 Å². The van der Waals surface area contributed by atoms with Crippen LogP contribution in [0.1, 0.15) is 28.9 Å². The number of hydrogen-bond acceptors (Lipinski definition) is 9. The molecule has 3 aromatic heterocycles. The summed E-state index contributed by atoms with van der Waals surface area (Å²) in [5, 5.41) is 43.9. The molecule has 13 heteroatoms. The predicted octanol–water partition coefficient (Wildman–Crippen LogP) is 0.550. The quantitative estimate of drug-likeness (QED) is 0.299. The highest BCUT2D eigenvalue weighted by Crippen LogP contribution is 2.48. The van der Waals surface area contributed by atoms with Crippen molar-refractivity contribution in [2.45, 2.75) is 12.0 Å². The van der Waals surface area contributed by atoms with E-state index in [1.54, 1.807) is 24.4 Å². The summed E-state index contributed by atoms with van der Waals surface area (Å²) in [6, 6.07) is 3.59. The number of nitrogens with zero attached hydrogens (tertiary/aromatic N) is 5. The van der Waals surface area contributed by atoms with E-state index in [0.29, 0.717) is 22.2 Å². The molecule has 1 aliphatic rings. The lowest BCUT2D eigenvalue weighted by atomic mass is 9.81. The van der Waals surface area contributed by atoms with Crippen LogP contribution in [0, 0.1) is 20.5 Å². The molecule has 2 atom stereocenters. The van der Waals surface area contributed by atoms with E-state index < -0.39 is 16.9 Å². The monoisotopic (exact) mass is 386 g/mol. The first-order valence-electron chi connectivity index (χ1n) is 7.99. The molecule has 0 amide bonds. The van der Waals surface area contributed by atoms with Gasteiger partial charge in [0.1, 0.15) is 11.7 Å². The molecule has 4 aromatic rings. The average Bonchev–Trinajstić information content (AvgIpc) is 3.37. The van der Waals surface area contributed by atoms with Crippen LogP contribution >= 0.6 is 0 Å². The molecule has 0 aliphatic heterocycles. The molecule has 0 radical (unpaired) electrons. The molecule has 0 saturated carbocycles. The van der Waals surface area contributed by atoms with Crippen molar-refractivity contribution in [3.8, 4) is 17.1 Å². The van der Waals surface area contributed by atoms with Crippen LogP contribution in [-0.4, -0.2) is 27.3 Å². The summed E-state index contributed by atoms with van der Waals surface area (Å²) >= 11 is 0. The molecular weight excluding hydrogens is 376 g/mol. The van der Waals surface area contributed by atoms with Gasteiger partial charge in [-0.2, -0.15) is 0 Å². The van der Waals surface area contributed by atoms with Crippen molar-refractivity contribution >= 4 is 10.9 Å². The van der Waals surface area contributed by atoms with Gasteiger partial charge in [0, 0.05) is 27.2 Å². The van der Waals surface area contributed by atoms with Crippen LogP contribution in [-0.2, 0) is 0 Å². The Morgan fingerprint density at radius 1 is 1.25 bits per heavy atom. The molecule has 13 nitrogen and oxygen atoms in total. The van der Waals surface area contributed by atoms with Crippen molar-refractivity contribution in [3.63, 3.8) is 0 Å². The minimum atomic E-state index is -1.56. The first-order chi connectivity index (χ1) is 13.5. The van der Waals surface area contributed by atoms with Crippen LogP contribution in [0.25, 0.3) is 22.3 Å². The zero-order valence-electron chi connectivity index (χ0n) is 14.1. The number of nitrogens with one attached hydrogen (secondary N) is 1. The van der Waals surface area contributed by atoms with Gasteiger partial charge in [-0.25, -0.2) is 0 Å². The lowest BCUT2D eigenvalue weighted by Gasteiger charge is -2.18. The maximum Gasteiger partial charge on any atom is 0.304 e.